The molecule has 2 N–H and O–H groups in total. The summed E-state index contributed by atoms with van der Waals surface area (Å²) in [6.07, 6.45) is 10.3. The van der Waals surface area contributed by atoms with Crippen LogP contribution in [0.25, 0.3) is 0 Å². The minimum absolute atomic E-state index is 0.257. The Bertz CT molecular complexity index is 217. The molecule has 2 heteroatoms. The third-order valence-corrected chi connectivity index (χ3v) is 4.08. The quantitative estimate of drug-likeness (QED) is 0.544. The maximum Gasteiger partial charge on any atom is 0.0975 e. The van der Waals surface area contributed by atoms with Gasteiger partial charge in [0.1, 0.15) is 0 Å². The molecule has 0 spiro atoms. The summed E-state index contributed by atoms with van der Waals surface area (Å²) < 4.78 is 0. The van der Waals surface area contributed by atoms with E-state index in [0.717, 1.165) is 5.84 Å². The van der Waals surface area contributed by atoms with Gasteiger partial charge in [0.2, 0.25) is 0 Å². The van der Waals surface area contributed by atoms with Gasteiger partial charge in [0, 0.05) is 5.92 Å². The second-order valence-electron chi connectivity index (χ2n) is 4.95. The highest BCUT2D eigenvalue weighted by Gasteiger charge is 2.35. The Morgan fingerprint density at radius 1 is 1.29 bits per heavy atom. The highest BCUT2D eigenvalue weighted by Crippen LogP contribution is 2.39. The maximum absolute atomic E-state index is 6.10. The molecule has 0 unspecified atom stereocenters. The number of hydrogen-bond donors (Lipinski definition) is 1. The summed E-state index contributed by atoms with van der Waals surface area (Å²) in [5.41, 5.74) is 6.36. The molecule has 2 saturated carbocycles. The first-order chi connectivity index (χ1) is 6.76. The van der Waals surface area contributed by atoms with Crippen LogP contribution in [0.5, 0.6) is 0 Å². The average Bonchev–Trinajstić information content (AvgIpc) is 2.63. The van der Waals surface area contributed by atoms with E-state index in [-0.39, 0.29) is 5.54 Å². The third kappa shape index (κ3) is 1.79. The fourth-order valence-corrected chi connectivity index (χ4v) is 2.72. The first kappa shape index (κ1) is 10.0. The Hall–Kier alpha value is -0.530. The highest BCUT2D eigenvalue weighted by molar-refractivity contribution is 5.83. The van der Waals surface area contributed by atoms with Crippen LogP contribution >= 0.6 is 0 Å². The van der Waals surface area contributed by atoms with Crippen molar-refractivity contribution in [2.24, 2.45) is 16.6 Å². The van der Waals surface area contributed by atoms with E-state index in [4.69, 9.17) is 10.7 Å². The normalized spacial score (nSPS) is 27.6. The van der Waals surface area contributed by atoms with Crippen molar-refractivity contribution in [3.05, 3.63) is 0 Å². The zero-order chi connectivity index (χ0) is 10.0. The third-order valence-electron chi connectivity index (χ3n) is 4.08. The van der Waals surface area contributed by atoms with E-state index in [9.17, 15) is 0 Å². The van der Waals surface area contributed by atoms with E-state index >= 15 is 0 Å². The summed E-state index contributed by atoms with van der Waals surface area (Å²) in [6.45, 7) is 2.24. The van der Waals surface area contributed by atoms with Crippen LogP contribution in [-0.4, -0.2) is 11.4 Å². The van der Waals surface area contributed by atoms with Crippen molar-refractivity contribution in [1.29, 1.82) is 0 Å². The topological polar surface area (TPSA) is 38.4 Å². The number of nitrogens with two attached hydrogens (primary N) is 1. The summed E-state index contributed by atoms with van der Waals surface area (Å²) in [6, 6.07) is 0. The smallest absolute Gasteiger partial charge is 0.0975 e. The largest absolute Gasteiger partial charge is 0.387 e. The van der Waals surface area contributed by atoms with Gasteiger partial charge in [-0.15, -0.1) is 0 Å². The molecule has 80 valence electrons. The van der Waals surface area contributed by atoms with Crippen molar-refractivity contribution in [2.75, 3.05) is 0 Å². The molecule has 2 fully saturated rings. The van der Waals surface area contributed by atoms with Crippen molar-refractivity contribution < 1.29 is 0 Å². The maximum atomic E-state index is 6.10. The summed E-state index contributed by atoms with van der Waals surface area (Å²) in [5.74, 6) is 1.57. The number of aliphatic imine (C=N–C) groups is 1. The molecule has 0 bridgehead atoms. The second-order valence-corrected chi connectivity index (χ2v) is 4.95. The Labute approximate surface area is 87.0 Å². The molecule has 0 aromatic heterocycles. The molecule has 14 heavy (non-hydrogen) atoms. The van der Waals surface area contributed by atoms with Crippen LogP contribution in [0.15, 0.2) is 4.99 Å². The molecule has 0 atom stereocenters. The monoisotopic (exact) mass is 194 g/mol. The molecule has 2 nitrogen and oxygen atoms in total. The minimum Gasteiger partial charge on any atom is -0.387 e. The number of amidine groups is 1. The van der Waals surface area contributed by atoms with Crippen molar-refractivity contribution in [3.63, 3.8) is 0 Å². The molecule has 0 aliphatic heterocycles. The molecule has 0 saturated heterocycles. The Kier molecular flexibility index (Phi) is 2.80. The van der Waals surface area contributed by atoms with E-state index < -0.39 is 0 Å². The van der Waals surface area contributed by atoms with Crippen LogP contribution < -0.4 is 5.73 Å². The molecular weight excluding hydrogens is 172 g/mol. The zero-order valence-corrected chi connectivity index (χ0v) is 9.26. The Balaban J connectivity index is 2.00. The zero-order valence-electron chi connectivity index (χ0n) is 9.26. The molecular formula is C12H22N2. The van der Waals surface area contributed by atoms with E-state index in [1.165, 1.54) is 51.4 Å². The van der Waals surface area contributed by atoms with E-state index in [1.807, 2.05) is 0 Å². The average molecular weight is 194 g/mol. The number of hydrogen-bond acceptors (Lipinski definition) is 1. The number of rotatable bonds is 3. The van der Waals surface area contributed by atoms with Gasteiger partial charge >= 0.3 is 0 Å². The number of nitrogens with zero attached hydrogens (tertiary/aromatic N) is 1. The lowest BCUT2D eigenvalue weighted by Crippen LogP contribution is -2.38. The van der Waals surface area contributed by atoms with Gasteiger partial charge in [-0.2, -0.15) is 0 Å². The van der Waals surface area contributed by atoms with Crippen molar-refractivity contribution in [1.82, 2.24) is 0 Å². The summed E-state index contributed by atoms with van der Waals surface area (Å²) in [7, 11) is 0. The van der Waals surface area contributed by atoms with E-state index in [0.29, 0.717) is 5.92 Å². The molecule has 2 aliphatic carbocycles. The molecule has 0 aromatic rings. The van der Waals surface area contributed by atoms with Gasteiger partial charge in [0.15, 0.2) is 0 Å². The van der Waals surface area contributed by atoms with Gasteiger partial charge in [-0.1, -0.05) is 19.8 Å². The summed E-state index contributed by atoms with van der Waals surface area (Å²) >= 11 is 0. The first-order valence-corrected chi connectivity index (χ1v) is 6.11. The highest BCUT2D eigenvalue weighted by atomic mass is 15.0. The van der Waals surface area contributed by atoms with Gasteiger partial charge in [-0.05, 0) is 38.5 Å². The molecule has 2 aliphatic rings. The van der Waals surface area contributed by atoms with Crippen molar-refractivity contribution >= 4 is 5.84 Å². The van der Waals surface area contributed by atoms with Crippen LogP contribution in [-0.2, 0) is 0 Å². The van der Waals surface area contributed by atoms with Crippen molar-refractivity contribution in [2.45, 2.75) is 63.8 Å². The van der Waals surface area contributed by atoms with Crippen LogP contribution in [0.4, 0.5) is 0 Å². The molecule has 2 rings (SSSR count). The van der Waals surface area contributed by atoms with Crippen LogP contribution in [0, 0.1) is 5.92 Å². The fourth-order valence-electron chi connectivity index (χ4n) is 2.72. The van der Waals surface area contributed by atoms with Gasteiger partial charge in [-0.3, -0.25) is 4.99 Å². The molecule has 0 amide bonds. The minimum atomic E-state index is 0.257. The predicted molar refractivity (Wildman–Crippen MR) is 60.5 cm³/mol. The SMILES string of the molecule is CCC1(N=C(N)C2CCCC2)CCC1. The standard InChI is InChI=1S/C12H22N2/c1-2-12(8-5-9-12)14-11(13)10-6-3-4-7-10/h10H,2-9H2,1H3,(H2,13,14). The van der Waals surface area contributed by atoms with Gasteiger partial charge in [-0.25, -0.2) is 0 Å². The first-order valence-electron chi connectivity index (χ1n) is 6.11. The Morgan fingerprint density at radius 3 is 2.36 bits per heavy atom. The second kappa shape index (κ2) is 3.92. The molecule has 0 heterocycles. The van der Waals surface area contributed by atoms with Crippen molar-refractivity contribution in [3.8, 4) is 0 Å². The Morgan fingerprint density at radius 2 is 1.93 bits per heavy atom. The van der Waals surface area contributed by atoms with Gasteiger partial charge in [0.05, 0.1) is 11.4 Å². The lowest BCUT2D eigenvalue weighted by atomic mass is 9.75. The van der Waals surface area contributed by atoms with Gasteiger partial charge in [0.25, 0.3) is 0 Å². The fraction of sp³-hybridized carbons (Fsp3) is 0.917. The van der Waals surface area contributed by atoms with E-state index in [1.54, 1.807) is 0 Å². The lowest BCUT2D eigenvalue weighted by molar-refractivity contribution is 0.242. The summed E-state index contributed by atoms with van der Waals surface area (Å²) in [4.78, 5) is 4.81. The predicted octanol–water partition coefficient (Wildman–Crippen LogP) is 2.87. The van der Waals surface area contributed by atoms with E-state index in [2.05, 4.69) is 6.92 Å². The summed E-state index contributed by atoms with van der Waals surface area (Å²) in [5, 5.41) is 0. The molecule has 0 radical (unpaired) electrons. The van der Waals surface area contributed by atoms with Crippen LogP contribution in [0.1, 0.15) is 58.3 Å². The lowest BCUT2D eigenvalue weighted by Gasteiger charge is -2.38. The van der Waals surface area contributed by atoms with Crippen LogP contribution in [0.2, 0.25) is 0 Å². The molecule has 0 aromatic carbocycles. The van der Waals surface area contributed by atoms with Crippen LogP contribution in [0.3, 0.4) is 0 Å². The van der Waals surface area contributed by atoms with Gasteiger partial charge < -0.3 is 5.73 Å².